The Morgan fingerprint density at radius 1 is 1.31 bits per heavy atom. The third-order valence-corrected chi connectivity index (χ3v) is 4.90. The van der Waals surface area contributed by atoms with E-state index in [1.165, 1.54) is 0 Å². The first kappa shape index (κ1) is 12.1. The monoisotopic (exact) mass is 303 g/mol. The van der Waals surface area contributed by atoms with Crippen LogP contribution in [0.5, 0.6) is 0 Å². The molecule has 1 N–H and O–H groups in total. The van der Waals surface area contributed by atoms with Crippen molar-refractivity contribution in [2.24, 2.45) is 5.92 Å². The minimum Gasteiger partial charge on any atom is -0.208 e. The van der Waals surface area contributed by atoms with Gasteiger partial charge in [0.05, 0.1) is 4.90 Å². The molecule has 5 heteroatoms. The molecule has 0 heterocycles. The lowest BCUT2D eigenvalue weighted by atomic mass is 10.2. The Morgan fingerprint density at radius 2 is 1.88 bits per heavy atom. The van der Waals surface area contributed by atoms with Gasteiger partial charge in [-0.2, -0.15) is 0 Å². The van der Waals surface area contributed by atoms with Crippen molar-refractivity contribution in [2.45, 2.75) is 30.7 Å². The van der Waals surface area contributed by atoms with E-state index in [0.717, 1.165) is 17.3 Å². The molecule has 1 atom stereocenters. The molecule has 1 aromatic carbocycles. The highest BCUT2D eigenvalue weighted by Crippen LogP contribution is 2.33. The molecule has 0 aromatic heterocycles. The molecule has 0 aliphatic heterocycles. The number of rotatable bonds is 4. The van der Waals surface area contributed by atoms with Crippen LogP contribution in [0.4, 0.5) is 0 Å². The van der Waals surface area contributed by atoms with Gasteiger partial charge in [0.15, 0.2) is 0 Å². The predicted octanol–water partition coefficient (Wildman–Crippen LogP) is 2.53. The summed E-state index contributed by atoms with van der Waals surface area (Å²) in [5.74, 6) is 0.519. The SMILES string of the molecule is CC(NS(=O)(=O)c1ccc(Br)cc1)C1CC1. The summed E-state index contributed by atoms with van der Waals surface area (Å²) in [7, 11) is -3.35. The molecule has 1 aliphatic rings. The molecule has 1 aromatic rings. The molecule has 1 unspecified atom stereocenters. The molecule has 0 saturated heterocycles. The molecular formula is C11H14BrNO2S. The van der Waals surface area contributed by atoms with Gasteiger partial charge >= 0.3 is 0 Å². The average Bonchev–Trinajstić information content (AvgIpc) is 3.00. The number of hydrogen-bond acceptors (Lipinski definition) is 2. The van der Waals surface area contributed by atoms with Crippen LogP contribution in [0.3, 0.4) is 0 Å². The van der Waals surface area contributed by atoms with Crippen LogP contribution >= 0.6 is 15.9 Å². The second-order valence-corrected chi connectivity index (χ2v) is 6.83. The van der Waals surface area contributed by atoms with Crippen LogP contribution in [-0.4, -0.2) is 14.5 Å². The first-order chi connectivity index (χ1) is 7.49. The first-order valence-corrected chi connectivity index (χ1v) is 7.54. The average molecular weight is 304 g/mol. The molecule has 0 amide bonds. The molecule has 3 nitrogen and oxygen atoms in total. The van der Waals surface area contributed by atoms with E-state index >= 15 is 0 Å². The Balaban J connectivity index is 2.14. The van der Waals surface area contributed by atoms with E-state index in [2.05, 4.69) is 20.7 Å². The lowest BCUT2D eigenvalue weighted by Crippen LogP contribution is -2.33. The van der Waals surface area contributed by atoms with Crippen LogP contribution in [0, 0.1) is 5.92 Å². The number of halogens is 1. The van der Waals surface area contributed by atoms with Gasteiger partial charge in [0.1, 0.15) is 0 Å². The lowest BCUT2D eigenvalue weighted by Gasteiger charge is -2.13. The summed E-state index contributed by atoms with van der Waals surface area (Å²) >= 11 is 3.28. The normalized spacial score (nSPS) is 18.4. The minimum atomic E-state index is -3.35. The van der Waals surface area contributed by atoms with E-state index in [1.54, 1.807) is 24.3 Å². The van der Waals surface area contributed by atoms with Gasteiger partial charge in [-0.1, -0.05) is 15.9 Å². The summed E-state index contributed by atoms with van der Waals surface area (Å²) in [6, 6.07) is 6.71. The van der Waals surface area contributed by atoms with Crippen LogP contribution in [0.1, 0.15) is 19.8 Å². The van der Waals surface area contributed by atoms with Gasteiger partial charge in [0, 0.05) is 10.5 Å². The molecule has 16 heavy (non-hydrogen) atoms. The lowest BCUT2D eigenvalue weighted by molar-refractivity contribution is 0.538. The van der Waals surface area contributed by atoms with Gasteiger partial charge in [-0.05, 0) is 49.9 Å². The molecule has 1 aliphatic carbocycles. The maximum atomic E-state index is 12.0. The van der Waals surface area contributed by atoms with E-state index < -0.39 is 10.0 Å². The van der Waals surface area contributed by atoms with Crippen molar-refractivity contribution in [1.29, 1.82) is 0 Å². The smallest absolute Gasteiger partial charge is 0.208 e. The second-order valence-electron chi connectivity index (χ2n) is 4.20. The fourth-order valence-corrected chi connectivity index (χ4v) is 3.20. The van der Waals surface area contributed by atoms with Crippen molar-refractivity contribution in [3.63, 3.8) is 0 Å². The summed E-state index contributed by atoms with van der Waals surface area (Å²) in [4.78, 5) is 0.322. The van der Waals surface area contributed by atoms with Crippen molar-refractivity contribution < 1.29 is 8.42 Å². The quantitative estimate of drug-likeness (QED) is 0.929. The molecule has 0 bridgehead atoms. The predicted molar refractivity (Wildman–Crippen MR) is 66.6 cm³/mol. The highest BCUT2D eigenvalue weighted by molar-refractivity contribution is 9.10. The van der Waals surface area contributed by atoms with E-state index in [-0.39, 0.29) is 6.04 Å². The van der Waals surface area contributed by atoms with Crippen molar-refractivity contribution >= 4 is 26.0 Å². The maximum Gasteiger partial charge on any atom is 0.240 e. The Hall–Kier alpha value is -0.390. The van der Waals surface area contributed by atoms with Crippen LogP contribution in [0.15, 0.2) is 33.6 Å². The summed E-state index contributed by atoms with van der Waals surface area (Å²) in [5, 5.41) is 0. The molecule has 0 spiro atoms. The summed E-state index contributed by atoms with van der Waals surface area (Å²) in [5.41, 5.74) is 0. The van der Waals surface area contributed by atoms with Crippen LogP contribution in [-0.2, 0) is 10.0 Å². The third kappa shape index (κ3) is 2.84. The molecule has 1 saturated carbocycles. The number of benzene rings is 1. The molecule has 88 valence electrons. The van der Waals surface area contributed by atoms with Gasteiger partial charge in [0.25, 0.3) is 0 Å². The van der Waals surface area contributed by atoms with Crippen LogP contribution < -0.4 is 4.72 Å². The highest BCUT2D eigenvalue weighted by Gasteiger charge is 2.31. The number of sulfonamides is 1. The van der Waals surface area contributed by atoms with Crippen molar-refractivity contribution in [1.82, 2.24) is 4.72 Å². The molecule has 0 radical (unpaired) electrons. The Bertz CT molecular complexity index is 465. The summed E-state index contributed by atoms with van der Waals surface area (Å²) in [6.07, 6.45) is 2.26. The topological polar surface area (TPSA) is 46.2 Å². The molecule has 2 rings (SSSR count). The first-order valence-electron chi connectivity index (χ1n) is 5.27. The third-order valence-electron chi connectivity index (χ3n) is 2.79. The standard InChI is InChI=1S/C11H14BrNO2S/c1-8(9-2-3-9)13-16(14,15)11-6-4-10(12)5-7-11/h4-9,13H,2-3H2,1H3. The number of hydrogen-bond donors (Lipinski definition) is 1. The van der Waals surface area contributed by atoms with Gasteiger partial charge in [0.2, 0.25) is 10.0 Å². The zero-order valence-corrected chi connectivity index (χ0v) is 11.4. The summed E-state index contributed by atoms with van der Waals surface area (Å²) in [6.45, 7) is 1.92. The van der Waals surface area contributed by atoms with Crippen molar-refractivity contribution in [3.05, 3.63) is 28.7 Å². The fraction of sp³-hybridized carbons (Fsp3) is 0.455. The van der Waals surface area contributed by atoms with E-state index in [4.69, 9.17) is 0 Å². The Kier molecular flexibility index (Phi) is 3.37. The minimum absolute atomic E-state index is 0.0358. The van der Waals surface area contributed by atoms with E-state index in [0.29, 0.717) is 10.8 Å². The van der Waals surface area contributed by atoms with Gasteiger partial charge < -0.3 is 0 Å². The summed E-state index contributed by atoms with van der Waals surface area (Å²) < 4.78 is 27.5. The van der Waals surface area contributed by atoms with Gasteiger partial charge in [-0.25, -0.2) is 13.1 Å². The van der Waals surface area contributed by atoms with Gasteiger partial charge in [-0.3, -0.25) is 0 Å². The number of nitrogens with one attached hydrogen (secondary N) is 1. The second kappa shape index (κ2) is 4.47. The zero-order valence-electron chi connectivity index (χ0n) is 8.98. The van der Waals surface area contributed by atoms with E-state index in [1.807, 2.05) is 6.92 Å². The van der Waals surface area contributed by atoms with Crippen LogP contribution in [0.25, 0.3) is 0 Å². The maximum absolute atomic E-state index is 12.0. The van der Waals surface area contributed by atoms with Crippen molar-refractivity contribution in [3.8, 4) is 0 Å². The molecule has 1 fully saturated rings. The van der Waals surface area contributed by atoms with E-state index in [9.17, 15) is 8.42 Å². The largest absolute Gasteiger partial charge is 0.240 e. The highest BCUT2D eigenvalue weighted by atomic mass is 79.9. The Morgan fingerprint density at radius 3 is 2.38 bits per heavy atom. The zero-order chi connectivity index (χ0) is 11.8. The fourth-order valence-electron chi connectivity index (χ4n) is 1.62. The van der Waals surface area contributed by atoms with Crippen LogP contribution in [0.2, 0.25) is 0 Å². The van der Waals surface area contributed by atoms with Gasteiger partial charge in [-0.15, -0.1) is 0 Å². The molecular weight excluding hydrogens is 290 g/mol. The van der Waals surface area contributed by atoms with Crippen molar-refractivity contribution in [2.75, 3.05) is 0 Å². The Labute approximate surface area is 104 Å².